The minimum Gasteiger partial charge on any atom is -0.327 e. The summed E-state index contributed by atoms with van der Waals surface area (Å²) in [7, 11) is 0. The maximum atomic E-state index is 6.21. The highest BCUT2D eigenvalue weighted by atomic mass is 15.1. The molecule has 1 unspecified atom stereocenters. The van der Waals surface area contributed by atoms with E-state index in [9.17, 15) is 0 Å². The fourth-order valence-electron chi connectivity index (χ4n) is 2.49. The number of hydrogen-bond donors (Lipinski definition) is 1. The van der Waals surface area contributed by atoms with Crippen molar-refractivity contribution in [3.05, 3.63) is 0 Å². The van der Waals surface area contributed by atoms with Gasteiger partial charge in [-0.15, -0.1) is 0 Å². The third kappa shape index (κ3) is 3.58. The Bertz CT molecular complexity index is 137. The molecule has 0 saturated heterocycles. The van der Waals surface area contributed by atoms with E-state index in [2.05, 4.69) is 18.7 Å². The van der Waals surface area contributed by atoms with Gasteiger partial charge in [-0.1, -0.05) is 26.7 Å². The smallest absolute Gasteiger partial charge is 0.00793 e. The molecule has 14 heavy (non-hydrogen) atoms. The summed E-state index contributed by atoms with van der Waals surface area (Å²) >= 11 is 0. The minimum atomic E-state index is 0.457. The fraction of sp³-hybridized carbons (Fsp3) is 1.00. The molecule has 0 spiro atoms. The zero-order chi connectivity index (χ0) is 10.4. The van der Waals surface area contributed by atoms with E-state index < -0.39 is 0 Å². The van der Waals surface area contributed by atoms with Gasteiger partial charge >= 0.3 is 0 Å². The molecule has 0 aromatic carbocycles. The Morgan fingerprint density at radius 1 is 1.21 bits per heavy atom. The summed E-state index contributed by atoms with van der Waals surface area (Å²) < 4.78 is 0. The van der Waals surface area contributed by atoms with Gasteiger partial charge in [0.2, 0.25) is 0 Å². The minimum absolute atomic E-state index is 0.457. The van der Waals surface area contributed by atoms with Gasteiger partial charge < -0.3 is 10.6 Å². The van der Waals surface area contributed by atoms with Crippen molar-refractivity contribution < 1.29 is 0 Å². The first kappa shape index (κ1) is 12.0. The van der Waals surface area contributed by atoms with Crippen LogP contribution in [0, 0.1) is 5.92 Å². The molecule has 1 rings (SSSR count). The molecule has 1 atom stereocenters. The molecule has 0 bridgehead atoms. The molecule has 1 aliphatic carbocycles. The average Bonchev–Trinajstić information content (AvgIpc) is 2.72. The Morgan fingerprint density at radius 2 is 1.79 bits per heavy atom. The van der Waals surface area contributed by atoms with E-state index in [0.29, 0.717) is 6.04 Å². The lowest BCUT2D eigenvalue weighted by atomic mass is 9.96. The number of rotatable bonds is 6. The quantitative estimate of drug-likeness (QED) is 0.709. The summed E-state index contributed by atoms with van der Waals surface area (Å²) in [6, 6.07) is 0.457. The highest BCUT2D eigenvalue weighted by Crippen LogP contribution is 2.27. The van der Waals surface area contributed by atoms with Gasteiger partial charge in [0.25, 0.3) is 0 Å². The van der Waals surface area contributed by atoms with Crippen LogP contribution in [0.2, 0.25) is 0 Å². The number of hydrogen-bond acceptors (Lipinski definition) is 2. The zero-order valence-corrected chi connectivity index (χ0v) is 9.84. The van der Waals surface area contributed by atoms with Crippen molar-refractivity contribution in [2.45, 2.75) is 52.0 Å². The van der Waals surface area contributed by atoms with E-state index in [0.717, 1.165) is 19.0 Å². The van der Waals surface area contributed by atoms with Crippen LogP contribution in [0.4, 0.5) is 0 Å². The third-order valence-electron chi connectivity index (χ3n) is 3.68. The largest absolute Gasteiger partial charge is 0.327 e. The molecule has 84 valence electrons. The summed E-state index contributed by atoms with van der Waals surface area (Å²) in [4.78, 5) is 2.47. The van der Waals surface area contributed by atoms with Crippen molar-refractivity contribution in [1.29, 1.82) is 0 Å². The van der Waals surface area contributed by atoms with Crippen molar-refractivity contribution in [2.24, 2.45) is 11.7 Å². The first-order valence-electron chi connectivity index (χ1n) is 6.25. The van der Waals surface area contributed by atoms with Crippen molar-refractivity contribution in [2.75, 3.05) is 19.6 Å². The highest BCUT2D eigenvalue weighted by Gasteiger charge is 2.21. The van der Waals surface area contributed by atoms with Crippen molar-refractivity contribution in [1.82, 2.24) is 4.90 Å². The topological polar surface area (TPSA) is 29.3 Å². The molecule has 0 aromatic heterocycles. The molecule has 1 aliphatic rings. The van der Waals surface area contributed by atoms with Crippen LogP contribution >= 0.6 is 0 Å². The van der Waals surface area contributed by atoms with Crippen LogP contribution in [0.1, 0.15) is 46.0 Å². The SMILES string of the molecule is CCN(CC)CCC(N)C1CCCC1. The van der Waals surface area contributed by atoms with Crippen LogP contribution in [0.5, 0.6) is 0 Å². The molecule has 1 saturated carbocycles. The van der Waals surface area contributed by atoms with Gasteiger partial charge in [0.05, 0.1) is 0 Å². The summed E-state index contributed by atoms with van der Waals surface area (Å²) in [5.74, 6) is 0.825. The Labute approximate surface area is 88.8 Å². The fourth-order valence-corrected chi connectivity index (χ4v) is 2.49. The monoisotopic (exact) mass is 198 g/mol. The molecule has 0 heterocycles. The van der Waals surface area contributed by atoms with E-state index in [1.54, 1.807) is 0 Å². The first-order chi connectivity index (χ1) is 6.77. The van der Waals surface area contributed by atoms with Gasteiger partial charge in [0.1, 0.15) is 0 Å². The van der Waals surface area contributed by atoms with Gasteiger partial charge in [-0.3, -0.25) is 0 Å². The second-order valence-corrected chi connectivity index (χ2v) is 4.52. The van der Waals surface area contributed by atoms with Crippen LogP contribution in [0.25, 0.3) is 0 Å². The van der Waals surface area contributed by atoms with Crippen LogP contribution < -0.4 is 5.73 Å². The van der Waals surface area contributed by atoms with Crippen molar-refractivity contribution in [3.8, 4) is 0 Å². The molecule has 2 nitrogen and oxygen atoms in total. The van der Waals surface area contributed by atoms with Gasteiger partial charge in [0, 0.05) is 6.04 Å². The Morgan fingerprint density at radius 3 is 2.29 bits per heavy atom. The molecule has 2 N–H and O–H groups in total. The normalized spacial score (nSPS) is 20.6. The molecule has 0 aromatic rings. The van der Waals surface area contributed by atoms with Crippen LogP contribution in [0.15, 0.2) is 0 Å². The predicted octanol–water partition coefficient (Wildman–Crippen LogP) is 2.24. The van der Waals surface area contributed by atoms with Crippen LogP contribution in [-0.2, 0) is 0 Å². The lowest BCUT2D eigenvalue weighted by Crippen LogP contribution is -2.34. The molecular formula is C12H26N2. The van der Waals surface area contributed by atoms with Crippen LogP contribution in [-0.4, -0.2) is 30.6 Å². The molecule has 0 aliphatic heterocycles. The Kier molecular flexibility index (Phi) is 5.49. The Balaban J connectivity index is 2.15. The van der Waals surface area contributed by atoms with Crippen LogP contribution in [0.3, 0.4) is 0 Å². The molecule has 2 heteroatoms. The summed E-state index contributed by atoms with van der Waals surface area (Å²) in [5, 5.41) is 0. The van der Waals surface area contributed by atoms with E-state index in [4.69, 9.17) is 5.73 Å². The molecular weight excluding hydrogens is 172 g/mol. The van der Waals surface area contributed by atoms with E-state index in [1.807, 2.05) is 0 Å². The second-order valence-electron chi connectivity index (χ2n) is 4.52. The zero-order valence-electron chi connectivity index (χ0n) is 9.84. The third-order valence-corrected chi connectivity index (χ3v) is 3.68. The van der Waals surface area contributed by atoms with E-state index >= 15 is 0 Å². The maximum absolute atomic E-state index is 6.21. The average molecular weight is 198 g/mol. The lowest BCUT2D eigenvalue weighted by molar-refractivity contribution is 0.272. The number of nitrogens with zero attached hydrogens (tertiary/aromatic N) is 1. The predicted molar refractivity (Wildman–Crippen MR) is 62.3 cm³/mol. The summed E-state index contributed by atoms with van der Waals surface area (Å²) in [6.07, 6.45) is 6.75. The molecule has 0 amide bonds. The maximum Gasteiger partial charge on any atom is 0.00793 e. The molecule has 1 fully saturated rings. The first-order valence-corrected chi connectivity index (χ1v) is 6.25. The molecule has 0 radical (unpaired) electrons. The van der Waals surface area contributed by atoms with Gasteiger partial charge in [0.15, 0.2) is 0 Å². The van der Waals surface area contributed by atoms with E-state index in [-0.39, 0.29) is 0 Å². The van der Waals surface area contributed by atoms with Gasteiger partial charge in [-0.05, 0) is 44.8 Å². The van der Waals surface area contributed by atoms with Crippen molar-refractivity contribution >= 4 is 0 Å². The standard InChI is InChI=1S/C12H26N2/c1-3-14(4-2)10-9-12(13)11-7-5-6-8-11/h11-12H,3-10,13H2,1-2H3. The highest BCUT2D eigenvalue weighted by molar-refractivity contribution is 4.78. The lowest BCUT2D eigenvalue weighted by Gasteiger charge is -2.23. The Hall–Kier alpha value is -0.0800. The second kappa shape index (κ2) is 6.41. The summed E-state index contributed by atoms with van der Waals surface area (Å²) in [6.45, 7) is 7.96. The van der Waals surface area contributed by atoms with E-state index in [1.165, 1.54) is 38.6 Å². The van der Waals surface area contributed by atoms with Crippen molar-refractivity contribution in [3.63, 3.8) is 0 Å². The summed E-state index contributed by atoms with van der Waals surface area (Å²) in [5.41, 5.74) is 6.21. The van der Waals surface area contributed by atoms with Gasteiger partial charge in [-0.25, -0.2) is 0 Å². The number of nitrogens with two attached hydrogens (primary N) is 1. The van der Waals surface area contributed by atoms with Gasteiger partial charge in [-0.2, -0.15) is 0 Å².